The first-order chi connectivity index (χ1) is 3.95. The fraction of sp³-hybridized carbons (Fsp3) is 0.667. The Bertz CT molecular complexity index is 117. The summed E-state index contributed by atoms with van der Waals surface area (Å²) in [6.45, 7) is 6.26. The predicted molar refractivity (Wildman–Crippen MR) is 38.4 cm³/mol. The maximum absolute atomic E-state index is 10.6. The fourth-order valence-corrected chi connectivity index (χ4v) is 1.24. The minimum Gasteiger partial charge on any atom is -0.617 e. The van der Waals surface area contributed by atoms with Crippen molar-refractivity contribution in [3.63, 3.8) is 0 Å². The molecule has 0 aromatic carbocycles. The molecule has 0 spiro atoms. The Morgan fingerprint density at radius 3 is 1.90 bits per heavy atom. The first-order valence-electron chi connectivity index (χ1n) is 2.89. The van der Waals surface area contributed by atoms with E-state index in [0.717, 1.165) is 0 Å². The summed E-state index contributed by atoms with van der Waals surface area (Å²) in [6, 6.07) is 0. The van der Waals surface area contributed by atoms with Crippen LogP contribution in [0.4, 0.5) is 0 Å². The van der Waals surface area contributed by atoms with Gasteiger partial charge in [-0.05, 0) is 7.11 Å². The molecule has 0 N–H and O–H groups in total. The van der Waals surface area contributed by atoms with Gasteiger partial charge in [-0.25, -0.2) is 0 Å². The predicted octanol–water partition coefficient (Wildman–Crippen LogP) is -2.28. The van der Waals surface area contributed by atoms with Gasteiger partial charge in [0, 0.05) is 5.95 Å². The van der Waals surface area contributed by atoms with E-state index in [2.05, 4.69) is 24.4 Å². The van der Waals surface area contributed by atoms with Gasteiger partial charge in [0.15, 0.2) is 0 Å². The summed E-state index contributed by atoms with van der Waals surface area (Å²) >= 11 is 0. The molecule has 10 heavy (non-hydrogen) atoms. The third-order valence-electron chi connectivity index (χ3n) is 0.752. The van der Waals surface area contributed by atoms with Crippen LogP contribution in [-0.2, 0) is 4.74 Å². The van der Waals surface area contributed by atoms with Gasteiger partial charge in [-0.15, -0.1) is 0 Å². The maximum atomic E-state index is 10.6. The van der Waals surface area contributed by atoms with E-state index in [1.807, 2.05) is 0 Å². The normalized spacial score (nSPS) is 12.2. The molecule has 0 saturated carbocycles. The molecule has 0 atom stereocenters. The van der Waals surface area contributed by atoms with Crippen LogP contribution in [0.1, 0.15) is 0 Å². The van der Waals surface area contributed by atoms with Crippen molar-refractivity contribution >= 4 is 8.07 Å². The van der Waals surface area contributed by atoms with Crippen molar-refractivity contribution < 1.29 is 28.7 Å². The van der Waals surface area contributed by atoms with Crippen LogP contribution in [0.25, 0.3) is 0 Å². The van der Waals surface area contributed by atoms with Gasteiger partial charge in [-0.1, -0.05) is 25.3 Å². The smallest absolute Gasteiger partial charge is 0.617 e. The van der Waals surface area contributed by atoms with Gasteiger partial charge in [-0.3, -0.25) is 0 Å². The average molecular weight is 152 g/mol. The van der Waals surface area contributed by atoms with Gasteiger partial charge in [0.25, 0.3) is 0 Å². The van der Waals surface area contributed by atoms with Crippen LogP contribution < -0.4 is 24.0 Å². The summed E-state index contributed by atoms with van der Waals surface area (Å²) in [4.78, 5) is 0. The van der Waals surface area contributed by atoms with Gasteiger partial charge in [0.1, 0.15) is 0 Å². The second-order valence-electron chi connectivity index (χ2n) is 3.03. The van der Waals surface area contributed by atoms with Crippen molar-refractivity contribution in [1.29, 1.82) is 0 Å². The van der Waals surface area contributed by atoms with Crippen LogP contribution in [0, 0.1) is 0 Å². The molecule has 0 bridgehead atoms. The summed E-state index contributed by atoms with van der Waals surface area (Å²) in [5.74, 6) is -0.200. The molecular weight excluding hydrogens is 139 g/mol. The third-order valence-corrected chi connectivity index (χ3v) is 1.85. The Labute approximate surface area is 75.5 Å². The molecule has 0 aromatic rings. The average Bonchev–Trinajstić information content (AvgIpc) is 1.62. The van der Waals surface area contributed by atoms with Gasteiger partial charge in [-0.2, -0.15) is 0 Å². The molecule has 0 saturated heterocycles. The maximum Gasteiger partial charge on any atom is 1.00 e. The Hall–Kier alpha value is 0.154. The van der Waals surface area contributed by atoms with Crippen molar-refractivity contribution in [2.75, 3.05) is 7.11 Å². The van der Waals surface area contributed by atoms with Gasteiger partial charge < -0.3 is 9.84 Å². The molecule has 0 rings (SSSR count). The van der Waals surface area contributed by atoms with E-state index in [4.69, 9.17) is 0 Å². The molecule has 54 valence electrons. The minimum absolute atomic E-state index is 0. The standard InChI is InChI=1S/C6H14O2Si.Li/c1-8-6(7)5-9(2,3)4;/h5,7H,1-4H3;/q;+1/p-1/b6-5+;. The molecule has 0 heterocycles. The molecule has 0 radical (unpaired) electrons. The number of hydrogen-bond acceptors (Lipinski definition) is 2. The molecule has 0 aromatic heterocycles. The topological polar surface area (TPSA) is 32.3 Å². The molecule has 0 aliphatic rings. The third kappa shape index (κ3) is 8.15. The summed E-state index contributed by atoms with van der Waals surface area (Å²) in [6.07, 6.45) is 0. The summed E-state index contributed by atoms with van der Waals surface area (Å²) in [7, 11) is 0.0610. The quantitative estimate of drug-likeness (QED) is 0.330. The van der Waals surface area contributed by atoms with E-state index in [1.54, 1.807) is 5.70 Å². The van der Waals surface area contributed by atoms with Crippen LogP contribution in [0.5, 0.6) is 0 Å². The molecule has 4 heteroatoms. The molecule has 0 aliphatic carbocycles. The van der Waals surface area contributed by atoms with Crippen molar-refractivity contribution in [2.24, 2.45) is 0 Å². The largest absolute Gasteiger partial charge is 1.00 e. The van der Waals surface area contributed by atoms with Crippen LogP contribution in [0.2, 0.25) is 19.6 Å². The summed E-state index contributed by atoms with van der Waals surface area (Å²) < 4.78 is 4.47. The van der Waals surface area contributed by atoms with E-state index in [0.29, 0.717) is 0 Å². The van der Waals surface area contributed by atoms with Crippen LogP contribution >= 0.6 is 0 Å². The molecule has 2 nitrogen and oxygen atoms in total. The second-order valence-corrected chi connectivity index (χ2v) is 8.05. The molecule has 0 amide bonds. The number of hydrogen-bond donors (Lipinski definition) is 0. The Kier molecular flexibility index (Phi) is 6.26. The molecular formula is C6H13LiO2Si. The van der Waals surface area contributed by atoms with Crippen molar-refractivity contribution in [3.05, 3.63) is 11.6 Å². The Morgan fingerprint density at radius 1 is 1.40 bits per heavy atom. The van der Waals surface area contributed by atoms with Gasteiger partial charge in [0.2, 0.25) is 0 Å². The SMILES string of the molecule is CO/C([O-])=C/[Si](C)(C)C.[Li+]. The van der Waals surface area contributed by atoms with E-state index in [1.165, 1.54) is 7.11 Å². The first kappa shape index (κ1) is 12.8. The second kappa shape index (κ2) is 4.89. The summed E-state index contributed by atoms with van der Waals surface area (Å²) in [5, 5.41) is 10.6. The van der Waals surface area contributed by atoms with Crippen molar-refractivity contribution in [3.8, 4) is 0 Å². The molecule has 0 unspecified atom stereocenters. The monoisotopic (exact) mass is 152 g/mol. The van der Waals surface area contributed by atoms with E-state index in [9.17, 15) is 5.11 Å². The number of ether oxygens (including phenoxy) is 1. The van der Waals surface area contributed by atoms with Gasteiger partial charge in [0.05, 0.1) is 8.07 Å². The summed E-state index contributed by atoms with van der Waals surface area (Å²) in [5.41, 5.74) is 1.69. The zero-order chi connectivity index (χ0) is 7.49. The fourth-order valence-electron chi connectivity index (χ4n) is 0.412. The van der Waals surface area contributed by atoms with E-state index in [-0.39, 0.29) is 24.8 Å². The van der Waals surface area contributed by atoms with Crippen LogP contribution in [0.3, 0.4) is 0 Å². The number of methoxy groups -OCH3 is 1. The van der Waals surface area contributed by atoms with Crippen molar-refractivity contribution in [2.45, 2.75) is 19.6 Å². The Balaban J connectivity index is 0. The van der Waals surface area contributed by atoms with Crippen LogP contribution in [0.15, 0.2) is 11.6 Å². The zero-order valence-electron chi connectivity index (χ0n) is 7.39. The molecule has 0 aliphatic heterocycles. The van der Waals surface area contributed by atoms with Gasteiger partial charge >= 0.3 is 18.9 Å². The first-order valence-corrected chi connectivity index (χ1v) is 6.47. The number of rotatable bonds is 2. The molecule has 0 fully saturated rings. The minimum atomic E-state index is -1.34. The van der Waals surface area contributed by atoms with Crippen LogP contribution in [-0.4, -0.2) is 15.2 Å². The van der Waals surface area contributed by atoms with Crippen molar-refractivity contribution in [1.82, 2.24) is 0 Å². The Morgan fingerprint density at radius 2 is 1.80 bits per heavy atom. The zero-order valence-corrected chi connectivity index (χ0v) is 8.39. The van der Waals surface area contributed by atoms with E-state index >= 15 is 0 Å². The van der Waals surface area contributed by atoms with E-state index < -0.39 is 8.07 Å².